The number of benzene rings is 2. The van der Waals surface area contributed by atoms with Crippen LogP contribution in [0.5, 0.6) is 0 Å². The number of carbonyl (C=O) groups excluding carboxylic acids is 2. The summed E-state index contributed by atoms with van der Waals surface area (Å²) < 4.78 is 0. The SMILES string of the molecule is Cc1ccc(C2=CC(C3C(=O)CC(C)(C)CC3=O)N(N)C(Nc3ccccc3)=N2)cc1. The molecule has 1 aliphatic carbocycles. The first kappa shape index (κ1) is 21.0. The third-order valence-electron chi connectivity index (χ3n) is 5.84. The van der Waals surface area contributed by atoms with Crippen LogP contribution in [0.3, 0.4) is 0 Å². The number of Topliss-reactive ketones (excluding diaryl/α,β-unsaturated/α-hetero) is 2. The van der Waals surface area contributed by atoms with Gasteiger partial charge in [0.2, 0.25) is 5.96 Å². The lowest BCUT2D eigenvalue weighted by atomic mass is 9.69. The number of hydrogen-bond acceptors (Lipinski definition) is 6. The van der Waals surface area contributed by atoms with E-state index in [0.29, 0.717) is 24.5 Å². The number of aliphatic imine (C=N–C) groups is 1. The zero-order valence-corrected chi connectivity index (χ0v) is 18.1. The molecule has 4 rings (SSSR count). The largest absolute Gasteiger partial charge is 0.325 e. The second-order valence-corrected chi connectivity index (χ2v) is 9.17. The summed E-state index contributed by atoms with van der Waals surface area (Å²) in [6.07, 6.45) is 2.57. The lowest BCUT2D eigenvalue weighted by molar-refractivity contribution is -0.141. The summed E-state index contributed by atoms with van der Waals surface area (Å²) in [6, 6.07) is 17.0. The summed E-state index contributed by atoms with van der Waals surface area (Å²) in [5.41, 5.74) is 3.25. The molecule has 1 heterocycles. The van der Waals surface area contributed by atoms with Gasteiger partial charge in [0.25, 0.3) is 0 Å². The quantitative estimate of drug-likeness (QED) is 0.585. The molecule has 2 aromatic rings. The Morgan fingerprint density at radius 2 is 1.61 bits per heavy atom. The molecule has 1 fully saturated rings. The molecular weight excluding hydrogens is 388 g/mol. The van der Waals surface area contributed by atoms with Crippen molar-refractivity contribution < 1.29 is 9.59 Å². The van der Waals surface area contributed by atoms with Crippen molar-refractivity contribution >= 4 is 28.9 Å². The molecule has 0 spiro atoms. The molecular formula is C25H28N4O2. The Morgan fingerprint density at radius 3 is 2.23 bits per heavy atom. The Morgan fingerprint density at radius 1 is 1.00 bits per heavy atom. The Hall–Kier alpha value is -3.25. The van der Waals surface area contributed by atoms with Gasteiger partial charge in [-0.15, -0.1) is 0 Å². The van der Waals surface area contributed by atoms with Crippen molar-refractivity contribution in [3.05, 3.63) is 71.8 Å². The van der Waals surface area contributed by atoms with E-state index in [2.05, 4.69) is 5.32 Å². The standard InChI is InChI=1S/C25H28N4O2/c1-16-9-11-17(12-10-16)19-13-20(23-21(30)14-25(2,3)15-22(23)31)29(26)24(28-19)27-18-7-5-4-6-8-18/h4-13,20,23H,14-15,26H2,1-3H3,(H,27,28). The fourth-order valence-corrected chi connectivity index (χ4v) is 4.26. The molecule has 1 saturated carbocycles. The zero-order chi connectivity index (χ0) is 22.2. The first-order valence-electron chi connectivity index (χ1n) is 10.5. The van der Waals surface area contributed by atoms with Gasteiger partial charge >= 0.3 is 0 Å². The summed E-state index contributed by atoms with van der Waals surface area (Å²) >= 11 is 0. The van der Waals surface area contributed by atoms with Gasteiger partial charge in [-0.1, -0.05) is 61.9 Å². The van der Waals surface area contributed by atoms with Crippen molar-refractivity contribution in [3.8, 4) is 0 Å². The van der Waals surface area contributed by atoms with E-state index in [4.69, 9.17) is 10.8 Å². The molecule has 6 nitrogen and oxygen atoms in total. The molecule has 1 atom stereocenters. The molecule has 0 radical (unpaired) electrons. The van der Waals surface area contributed by atoms with Gasteiger partial charge in [0.15, 0.2) is 0 Å². The molecule has 0 aromatic heterocycles. The molecule has 160 valence electrons. The zero-order valence-electron chi connectivity index (χ0n) is 18.1. The molecule has 3 N–H and O–H groups in total. The lowest BCUT2D eigenvalue weighted by Crippen LogP contribution is -2.57. The number of rotatable bonds is 3. The maximum atomic E-state index is 13.0. The van der Waals surface area contributed by atoms with Crippen molar-refractivity contribution in [3.63, 3.8) is 0 Å². The van der Waals surface area contributed by atoms with Crippen LogP contribution in [0.25, 0.3) is 5.70 Å². The van der Waals surface area contributed by atoms with Gasteiger partial charge in [0.1, 0.15) is 17.5 Å². The highest BCUT2D eigenvalue weighted by Crippen LogP contribution is 2.37. The van der Waals surface area contributed by atoms with E-state index in [1.807, 2.05) is 81.4 Å². The topological polar surface area (TPSA) is 87.8 Å². The summed E-state index contributed by atoms with van der Waals surface area (Å²) in [5.74, 6) is 5.91. The van der Waals surface area contributed by atoms with Crippen LogP contribution >= 0.6 is 0 Å². The minimum atomic E-state index is -0.804. The van der Waals surface area contributed by atoms with Gasteiger partial charge in [-0.3, -0.25) is 14.6 Å². The number of nitrogens with one attached hydrogen (secondary N) is 1. The van der Waals surface area contributed by atoms with E-state index >= 15 is 0 Å². The van der Waals surface area contributed by atoms with Gasteiger partial charge in [0.05, 0.1) is 11.7 Å². The van der Waals surface area contributed by atoms with E-state index in [1.54, 1.807) is 0 Å². The van der Waals surface area contributed by atoms with Gasteiger partial charge in [0, 0.05) is 24.1 Å². The van der Waals surface area contributed by atoms with Crippen LogP contribution in [0.15, 0.2) is 65.7 Å². The number of para-hydroxylation sites is 1. The van der Waals surface area contributed by atoms with E-state index in [-0.39, 0.29) is 17.0 Å². The average Bonchev–Trinajstić information content (AvgIpc) is 2.70. The number of nitrogens with two attached hydrogens (primary N) is 1. The number of aryl methyl sites for hydroxylation is 1. The van der Waals surface area contributed by atoms with E-state index < -0.39 is 12.0 Å². The second kappa shape index (κ2) is 8.12. The monoisotopic (exact) mass is 416 g/mol. The van der Waals surface area contributed by atoms with Crippen LogP contribution in [0.2, 0.25) is 0 Å². The number of ketones is 2. The molecule has 1 unspecified atom stereocenters. The highest BCUT2D eigenvalue weighted by Gasteiger charge is 2.46. The van der Waals surface area contributed by atoms with Crippen molar-refractivity contribution in [2.75, 3.05) is 5.32 Å². The molecule has 0 saturated heterocycles. The summed E-state index contributed by atoms with van der Waals surface area (Å²) in [4.78, 5) is 30.8. The van der Waals surface area contributed by atoms with Crippen LogP contribution in [0, 0.1) is 18.3 Å². The summed E-state index contributed by atoms with van der Waals surface area (Å²) in [6.45, 7) is 5.94. The Labute approximate surface area is 182 Å². The van der Waals surface area contributed by atoms with Crippen molar-refractivity contribution in [1.82, 2.24) is 5.01 Å². The third kappa shape index (κ3) is 4.44. The molecule has 6 heteroatoms. The van der Waals surface area contributed by atoms with Crippen LogP contribution < -0.4 is 11.2 Å². The van der Waals surface area contributed by atoms with Gasteiger partial charge in [-0.2, -0.15) is 0 Å². The maximum absolute atomic E-state index is 13.0. The van der Waals surface area contributed by atoms with Crippen molar-refractivity contribution in [2.24, 2.45) is 22.2 Å². The van der Waals surface area contributed by atoms with Crippen LogP contribution in [-0.2, 0) is 9.59 Å². The molecule has 1 aliphatic heterocycles. The Bertz CT molecular complexity index is 1030. The van der Waals surface area contributed by atoms with Gasteiger partial charge < -0.3 is 5.32 Å². The number of hydrazine groups is 1. The van der Waals surface area contributed by atoms with Crippen molar-refractivity contribution in [2.45, 2.75) is 39.7 Å². The fraction of sp³-hybridized carbons (Fsp3) is 0.320. The minimum Gasteiger partial charge on any atom is -0.325 e. The van der Waals surface area contributed by atoms with Crippen LogP contribution in [-0.4, -0.2) is 28.6 Å². The molecule has 31 heavy (non-hydrogen) atoms. The second-order valence-electron chi connectivity index (χ2n) is 9.17. The van der Waals surface area contributed by atoms with E-state index in [1.165, 1.54) is 5.01 Å². The normalized spacial score (nSPS) is 21.5. The van der Waals surface area contributed by atoms with E-state index in [9.17, 15) is 9.59 Å². The van der Waals surface area contributed by atoms with Gasteiger partial charge in [-0.25, -0.2) is 10.8 Å². The predicted octanol–water partition coefficient (Wildman–Crippen LogP) is 3.94. The molecule has 0 amide bonds. The molecule has 0 bridgehead atoms. The Kier molecular flexibility index (Phi) is 5.50. The summed E-state index contributed by atoms with van der Waals surface area (Å²) in [7, 11) is 0. The van der Waals surface area contributed by atoms with E-state index in [0.717, 1.165) is 16.8 Å². The third-order valence-corrected chi connectivity index (χ3v) is 5.84. The number of nitrogens with zero attached hydrogens (tertiary/aromatic N) is 2. The number of hydrogen-bond donors (Lipinski definition) is 2. The van der Waals surface area contributed by atoms with Crippen molar-refractivity contribution in [1.29, 1.82) is 0 Å². The number of carbonyl (C=O) groups is 2. The van der Waals surface area contributed by atoms with Crippen LogP contribution in [0.4, 0.5) is 5.69 Å². The first-order valence-corrected chi connectivity index (χ1v) is 10.5. The maximum Gasteiger partial charge on any atom is 0.218 e. The highest BCUT2D eigenvalue weighted by atomic mass is 16.2. The highest BCUT2D eigenvalue weighted by molar-refractivity contribution is 6.08. The smallest absolute Gasteiger partial charge is 0.218 e. The molecule has 2 aromatic carbocycles. The lowest BCUT2D eigenvalue weighted by Gasteiger charge is -2.40. The number of guanidine groups is 1. The Balaban J connectivity index is 1.74. The predicted molar refractivity (Wildman–Crippen MR) is 123 cm³/mol. The van der Waals surface area contributed by atoms with Gasteiger partial charge in [-0.05, 0) is 30.5 Å². The fourth-order valence-electron chi connectivity index (χ4n) is 4.26. The average molecular weight is 417 g/mol. The summed E-state index contributed by atoms with van der Waals surface area (Å²) in [5, 5.41) is 4.66. The van der Waals surface area contributed by atoms with Crippen LogP contribution in [0.1, 0.15) is 37.8 Å². The number of anilines is 1. The first-order chi connectivity index (χ1) is 14.7. The molecule has 2 aliphatic rings. The minimum absolute atomic E-state index is 0.0674.